The van der Waals surface area contributed by atoms with E-state index in [2.05, 4.69) is 172 Å². The van der Waals surface area contributed by atoms with Gasteiger partial charge in [-0.15, -0.1) is 0 Å². The first kappa shape index (κ1) is 89.9. The lowest BCUT2D eigenvalue weighted by Gasteiger charge is -2.26. The van der Waals surface area contributed by atoms with Gasteiger partial charge in [-0.25, -0.2) is 0 Å². The maximum Gasteiger partial charge on any atom is 0.306 e. The van der Waals surface area contributed by atoms with Gasteiger partial charge in [-0.1, -0.05) is 332 Å². The molecule has 0 fully saturated rings. The van der Waals surface area contributed by atoms with Crippen LogP contribution in [-0.4, -0.2) is 82.3 Å². The maximum atomic E-state index is 13.0. The van der Waals surface area contributed by atoms with Crippen LogP contribution in [-0.2, 0) is 33.3 Å². The van der Waals surface area contributed by atoms with Gasteiger partial charge in [0.25, 0.3) is 0 Å². The lowest BCUT2D eigenvalue weighted by atomic mass is 10.0. The Balaban J connectivity index is 4.08. The number of nitrogens with zero attached hydrogens (tertiary/aromatic N) is 1. The van der Waals surface area contributed by atoms with Crippen molar-refractivity contribution in [1.82, 2.24) is 0 Å². The van der Waals surface area contributed by atoms with Crippen molar-refractivity contribution in [1.29, 1.82) is 0 Å². The molecule has 0 aromatic heterocycles. The number of rotatable bonds is 70. The fraction of sp³-hybridized carbons (Fsp3) is 0.663. The van der Waals surface area contributed by atoms with Gasteiger partial charge in [-0.2, -0.15) is 0 Å². The summed E-state index contributed by atoms with van der Waals surface area (Å²) in [5, 5.41) is 11.9. The molecule has 9 heteroatoms. The number of aliphatic carboxylic acids is 1. The molecule has 0 saturated carbocycles. The zero-order valence-corrected chi connectivity index (χ0v) is 61.7. The van der Waals surface area contributed by atoms with E-state index in [-0.39, 0.29) is 38.6 Å². The Morgan fingerprint density at radius 3 is 0.842 bits per heavy atom. The normalized spacial score (nSPS) is 13.6. The topological polar surface area (TPSA) is 111 Å². The van der Waals surface area contributed by atoms with Crippen molar-refractivity contribution in [3.8, 4) is 0 Å². The number of allylic oxidation sites excluding steroid dienone is 26. The Morgan fingerprint density at radius 2 is 0.568 bits per heavy atom. The SMILES string of the molecule is CC/C=C\C/C=C\C/C=C\C/C=C\C/C=C\C/C=C\C/C=C\CCCCCCCCCCCCCCCCCCCC(=O)OC(COC(=O)CCCCCCCCCCCCCC/C=C\C/C=C\C/C=C\C/C=C\C/C=C\C/C=C\CC)COC(OCC[N+](C)(C)C)C(=O)[O-]. The maximum absolute atomic E-state index is 13.0. The van der Waals surface area contributed by atoms with Gasteiger partial charge in [0.05, 0.1) is 40.3 Å². The Hall–Kier alpha value is -5.09. The molecule has 0 aliphatic carbocycles. The number of hydrogen-bond acceptors (Lipinski definition) is 8. The van der Waals surface area contributed by atoms with E-state index in [1.807, 2.05) is 21.1 Å². The van der Waals surface area contributed by atoms with E-state index in [1.54, 1.807) is 0 Å². The summed E-state index contributed by atoms with van der Waals surface area (Å²) >= 11 is 0. The highest BCUT2D eigenvalue weighted by Gasteiger charge is 2.22. The molecule has 0 amide bonds. The summed E-state index contributed by atoms with van der Waals surface area (Å²) in [6.07, 6.45) is 108. The number of unbranched alkanes of at least 4 members (excludes halogenated alkanes) is 29. The molecule has 0 aliphatic heterocycles. The van der Waals surface area contributed by atoms with Gasteiger partial charge in [-0.3, -0.25) is 9.59 Å². The molecule has 0 radical (unpaired) electrons. The Morgan fingerprint density at radius 1 is 0.316 bits per heavy atom. The number of carboxylic acid groups (broad SMARTS) is 1. The van der Waals surface area contributed by atoms with Crippen LogP contribution < -0.4 is 5.11 Å². The number of likely N-dealkylation sites (N-methyl/N-ethyl adjacent to an activating group) is 1. The molecule has 0 bridgehead atoms. The van der Waals surface area contributed by atoms with Gasteiger partial charge in [0, 0.05) is 12.8 Å². The third-order valence-corrected chi connectivity index (χ3v) is 16.3. The summed E-state index contributed by atoms with van der Waals surface area (Å²) in [6, 6.07) is 0. The molecule has 540 valence electrons. The molecule has 2 atom stereocenters. The Bertz CT molecular complexity index is 2130. The highest BCUT2D eigenvalue weighted by atomic mass is 16.7. The van der Waals surface area contributed by atoms with Crippen LogP contribution in [0.5, 0.6) is 0 Å². The molecule has 0 rings (SSSR count). The molecule has 0 N–H and O–H groups in total. The van der Waals surface area contributed by atoms with E-state index >= 15 is 0 Å². The third-order valence-electron chi connectivity index (χ3n) is 16.3. The molecular formula is C86H143NO8. The van der Waals surface area contributed by atoms with Gasteiger partial charge in [0.1, 0.15) is 13.2 Å². The van der Waals surface area contributed by atoms with Crippen molar-refractivity contribution in [3.05, 3.63) is 158 Å². The van der Waals surface area contributed by atoms with Crippen LogP contribution in [0.15, 0.2) is 158 Å². The van der Waals surface area contributed by atoms with Gasteiger partial charge in [0.15, 0.2) is 12.4 Å². The van der Waals surface area contributed by atoms with Crippen LogP contribution in [0.25, 0.3) is 0 Å². The van der Waals surface area contributed by atoms with Gasteiger partial charge >= 0.3 is 11.9 Å². The predicted octanol–water partition coefficient (Wildman–Crippen LogP) is 23.5. The molecule has 0 saturated heterocycles. The first-order valence-corrected chi connectivity index (χ1v) is 38.6. The molecule has 0 aromatic carbocycles. The van der Waals surface area contributed by atoms with Crippen molar-refractivity contribution in [2.24, 2.45) is 0 Å². The lowest BCUT2D eigenvalue weighted by Crippen LogP contribution is -2.44. The lowest BCUT2D eigenvalue weighted by molar-refractivity contribution is -0.870. The second-order valence-corrected chi connectivity index (χ2v) is 26.5. The van der Waals surface area contributed by atoms with E-state index in [0.29, 0.717) is 17.4 Å². The quantitative estimate of drug-likeness (QED) is 0.0195. The number of carboxylic acids is 1. The van der Waals surface area contributed by atoms with Gasteiger partial charge in [-0.05, 0) is 122 Å². The number of carbonyl (C=O) groups is 3. The third kappa shape index (κ3) is 76.1. The summed E-state index contributed by atoms with van der Waals surface area (Å²) in [5.41, 5.74) is 0. The van der Waals surface area contributed by atoms with Crippen molar-refractivity contribution in [2.75, 3.05) is 47.5 Å². The number of hydrogen-bond donors (Lipinski definition) is 0. The minimum atomic E-state index is -1.63. The molecule has 9 nitrogen and oxygen atoms in total. The molecular weight excluding hydrogens is 1170 g/mol. The van der Waals surface area contributed by atoms with Crippen molar-refractivity contribution < 1.29 is 42.9 Å². The Kier molecular flexibility index (Phi) is 70.7. The average Bonchev–Trinajstić information content (AvgIpc) is 2.92. The summed E-state index contributed by atoms with van der Waals surface area (Å²) in [6.45, 7) is 4.53. The van der Waals surface area contributed by atoms with E-state index in [1.165, 1.54) is 154 Å². The fourth-order valence-electron chi connectivity index (χ4n) is 10.5. The molecule has 0 spiro atoms. The Labute approximate surface area is 584 Å². The largest absolute Gasteiger partial charge is 0.545 e. The van der Waals surface area contributed by atoms with Crippen molar-refractivity contribution >= 4 is 17.9 Å². The van der Waals surface area contributed by atoms with Crippen LogP contribution in [0.4, 0.5) is 0 Å². The van der Waals surface area contributed by atoms with Crippen molar-refractivity contribution in [3.63, 3.8) is 0 Å². The van der Waals surface area contributed by atoms with Crippen LogP contribution >= 0.6 is 0 Å². The van der Waals surface area contributed by atoms with Crippen LogP contribution in [0.3, 0.4) is 0 Å². The molecule has 0 aromatic rings. The highest BCUT2D eigenvalue weighted by Crippen LogP contribution is 2.18. The second-order valence-electron chi connectivity index (χ2n) is 26.5. The first-order valence-electron chi connectivity index (χ1n) is 38.6. The van der Waals surface area contributed by atoms with Crippen molar-refractivity contribution in [2.45, 2.75) is 322 Å². The van der Waals surface area contributed by atoms with E-state index in [9.17, 15) is 19.5 Å². The summed E-state index contributed by atoms with van der Waals surface area (Å²) in [7, 11) is 5.93. The number of carbonyl (C=O) groups excluding carboxylic acids is 3. The predicted molar refractivity (Wildman–Crippen MR) is 407 cm³/mol. The average molecular weight is 1320 g/mol. The molecule has 0 heterocycles. The van der Waals surface area contributed by atoms with E-state index < -0.39 is 24.3 Å². The zero-order chi connectivity index (χ0) is 69.0. The summed E-state index contributed by atoms with van der Waals surface area (Å²) in [4.78, 5) is 37.6. The minimum absolute atomic E-state index is 0.142. The monoisotopic (exact) mass is 1320 g/mol. The number of esters is 2. The van der Waals surface area contributed by atoms with Gasteiger partial charge in [0.2, 0.25) is 0 Å². The summed E-state index contributed by atoms with van der Waals surface area (Å²) in [5.74, 6) is -2.28. The first-order chi connectivity index (χ1) is 46.6. The molecule has 0 aliphatic rings. The van der Waals surface area contributed by atoms with Crippen LogP contribution in [0.1, 0.15) is 309 Å². The highest BCUT2D eigenvalue weighted by molar-refractivity contribution is 5.70. The van der Waals surface area contributed by atoms with E-state index in [0.717, 1.165) is 122 Å². The minimum Gasteiger partial charge on any atom is -0.545 e. The number of ether oxygens (including phenoxy) is 4. The smallest absolute Gasteiger partial charge is 0.306 e. The zero-order valence-electron chi connectivity index (χ0n) is 61.7. The summed E-state index contributed by atoms with van der Waals surface area (Å²) < 4.78 is 22.8. The standard InChI is InChI=1S/C86H143NO8/c1-6-8-10-12-14-16-18-20-22-24-26-28-30-32-34-36-38-39-40-41-42-43-44-45-47-49-51-53-55-57-59-61-63-65-67-69-71-73-75-77-84(89)95-82(81-94-86(85(90)91)92-79-78-87(3,4)5)80-93-83(88)76-74-72-70-68-66-64-62-60-58-56-54-52-50-48-46-37-35-33-31-29-27-25-23-21-19-17-15-13-11-9-7-2/h8-11,14-17,20-23,26-29,32-35,38-39,41-42,46,48,82,86H,6-7,12-13,18-19,24-25,30-31,36-37,40,43-45,47,49-81H2,1-5H3/b10-8-,11-9-,16-14-,17-15-,22-20-,23-21-,28-26-,29-27-,34-32-,35-33-,39-38-,42-41-,48-46-. The molecule has 95 heavy (non-hydrogen) atoms. The molecule has 2 unspecified atom stereocenters. The van der Waals surface area contributed by atoms with Crippen LogP contribution in [0, 0.1) is 0 Å². The second kappa shape index (κ2) is 74.7. The van der Waals surface area contributed by atoms with E-state index in [4.69, 9.17) is 18.9 Å². The van der Waals surface area contributed by atoms with Crippen LogP contribution in [0.2, 0.25) is 0 Å². The van der Waals surface area contributed by atoms with Gasteiger partial charge < -0.3 is 33.3 Å². The fourth-order valence-corrected chi connectivity index (χ4v) is 10.5. The number of quaternary nitrogens is 1.